The van der Waals surface area contributed by atoms with Crippen LogP contribution in [0.1, 0.15) is 6.92 Å². The number of ether oxygens (including phenoxy) is 1. The fourth-order valence-electron chi connectivity index (χ4n) is 1.44. The van der Waals surface area contributed by atoms with Gasteiger partial charge in [-0.1, -0.05) is 12.1 Å². The van der Waals surface area contributed by atoms with Crippen molar-refractivity contribution in [3.63, 3.8) is 0 Å². The van der Waals surface area contributed by atoms with Crippen LogP contribution in [0.25, 0.3) is 0 Å². The fourth-order valence-corrected chi connectivity index (χ4v) is 1.44. The molecule has 0 atom stereocenters. The summed E-state index contributed by atoms with van der Waals surface area (Å²) in [6.45, 7) is 2.67. The Morgan fingerprint density at radius 2 is 1.62 bits per heavy atom. The Morgan fingerprint density at radius 1 is 1.00 bits per heavy atom. The Kier molecular flexibility index (Phi) is 3.44. The van der Waals surface area contributed by atoms with Crippen molar-refractivity contribution in [3.05, 3.63) is 54.6 Å². The first kappa shape index (κ1) is 10.6. The first-order chi connectivity index (χ1) is 7.88. The van der Waals surface area contributed by atoms with E-state index in [0.717, 1.165) is 17.1 Å². The van der Waals surface area contributed by atoms with E-state index in [4.69, 9.17) is 4.74 Å². The van der Waals surface area contributed by atoms with Gasteiger partial charge in [-0.15, -0.1) is 0 Å². The van der Waals surface area contributed by atoms with Gasteiger partial charge in [0.1, 0.15) is 5.75 Å². The third kappa shape index (κ3) is 2.76. The summed E-state index contributed by atoms with van der Waals surface area (Å²) < 4.78 is 5.38. The minimum atomic E-state index is 0.696. The monoisotopic (exact) mass is 212 g/mol. The fraction of sp³-hybridized carbons (Fsp3) is 0.143. The number of anilines is 2. The Labute approximate surface area is 95.9 Å². The Hall–Kier alpha value is -1.96. The SMILES string of the molecule is CCOc1ccc(Nc2cc[c]cc2)cc1. The Morgan fingerprint density at radius 3 is 2.25 bits per heavy atom. The zero-order valence-corrected chi connectivity index (χ0v) is 9.23. The van der Waals surface area contributed by atoms with Crippen molar-refractivity contribution in [2.45, 2.75) is 6.92 Å². The van der Waals surface area contributed by atoms with Crippen molar-refractivity contribution in [1.29, 1.82) is 0 Å². The van der Waals surface area contributed by atoms with Gasteiger partial charge in [0.05, 0.1) is 6.61 Å². The molecule has 0 fully saturated rings. The molecule has 1 radical (unpaired) electrons. The van der Waals surface area contributed by atoms with E-state index < -0.39 is 0 Å². The molecule has 0 aliphatic carbocycles. The van der Waals surface area contributed by atoms with Crippen LogP contribution in [0.4, 0.5) is 11.4 Å². The Balaban J connectivity index is 2.05. The van der Waals surface area contributed by atoms with Crippen LogP contribution in [0.5, 0.6) is 5.75 Å². The second-order valence-electron chi connectivity index (χ2n) is 3.37. The third-order valence-electron chi connectivity index (χ3n) is 2.17. The molecule has 1 N–H and O–H groups in total. The molecule has 0 saturated heterocycles. The molecule has 2 aromatic rings. The van der Waals surface area contributed by atoms with Crippen molar-refractivity contribution in [2.75, 3.05) is 11.9 Å². The molecule has 0 spiro atoms. The summed E-state index contributed by atoms with van der Waals surface area (Å²) in [4.78, 5) is 0. The molecule has 16 heavy (non-hydrogen) atoms. The number of hydrogen-bond donors (Lipinski definition) is 1. The first-order valence-corrected chi connectivity index (χ1v) is 5.34. The van der Waals surface area contributed by atoms with E-state index in [9.17, 15) is 0 Å². The van der Waals surface area contributed by atoms with E-state index >= 15 is 0 Å². The van der Waals surface area contributed by atoms with Crippen LogP contribution in [-0.2, 0) is 0 Å². The average molecular weight is 212 g/mol. The van der Waals surface area contributed by atoms with Gasteiger partial charge in [-0.05, 0) is 49.4 Å². The zero-order chi connectivity index (χ0) is 11.2. The molecule has 0 aliphatic heterocycles. The lowest BCUT2D eigenvalue weighted by Gasteiger charge is -2.07. The molecule has 0 saturated carbocycles. The molecular formula is C14H14NO. The molecule has 0 aliphatic rings. The van der Waals surface area contributed by atoms with Crippen LogP contribution in [0.3, 0.4) is 0 Å². The van der Waals surface area contributed by atoms with Crippen LogP contribution >= 0.6 is 0 Å². The summed E-state index contributed by atoms with van der Waals surface area (Å²) in [7, 11) is 0. The largest absolute Gasteiger partial charge is 0.494 e. The molecule has 0 amide bonds. The second-order valence-corrected chi connectivity index (χ2v) is 3.37. The molecule has 2 rings (SSSR count). The normalized spacial score (nSPS) is 9.81. The molecule has 2 aromatic carbocycles. The van der Waals surface area contributed by atoms with Crippen LogP contribution in [0.15, 0.2) is 48.5 Å². The molecular weight excluding hydrogens is 198 g/mol. The van der Waals surface area contributed by atoms with Gasteiger partial charge >= 0.3 is 0 Å². The molecule has 2 heteroatoms. The van der Waals surface area contributed by atoms with E-state index in [-0.39, 0.29) is 0 Å². The third-order valence-corrected chi connectivity index (χ3v) is 2.17. The van der Waals surface area contributed by atoms with Gasteiger partial charge < -0.3 is 10.1 Å². The summed E-state index contributed by atoms with van der Waals surface area (Å²) in [5, 5.41) is 3.30. The zero-order valence-electron chi connectivity index (χ0n) is 9.23. The molecule has 81 valence electrons. The van der Waals surface area contributed by atoms with Gasteiger partial charge in [0.2, 0.25) is 0 Å². The minimum absolute atomic E-state index is 0.696. The number of rotatable bonds is 4. The van der Waals surface area contributed by atoms with Crippen LogP contribution in [-0.4, -0.2) is 6.61 Å². The standard InChI is InChI=1S/C14H14NO/c1-2-16-14-10-8-13(9-11-14)15-12-6-4-3-5-7-12/h4-11,15H,2H2,1H3. The summed E-state index contributed by atoms with van der Waals surface area (Å²) in [5.74, 6) is 0.898. The lowest BCUT2D eigenvalue weighted by Crippen LogP contribution is -1.92. The van der Waals surface area contributed by atoms with Crippen LogP contribution in [0.2, 0.25) is 0 Å². The lowest BCUT2D eigenvalue weighted by atomic mass is 10.2. The van der Waals surface area contributed by atoms with Crippen molar-refractivity contribution in [1.82, 2.24) is 0 Å². The van der Waals surface area contributed by atoms with Gasteiger partial charge in [-0.2, -0.15) is 0 Å². The average Bonchev–Trinajstić information content (AvgIpc) is 2.33. The number of nitrogens with one attached hydrogen (secondary N) is 1. The predicted octanol–water partition coefficient (Wildman–Crippen LogP) is 3.63. The van der Waals surface area contributed by atoms with Crippen molar-refractivity contribution >= 4 is 11.4 Å². The van der Waals surface area contributed by atoms with Gasteiger partial charge in [0.15, 0.2) is 0 Å². The van der Waals surface area contributed by atoms with Crippen LogP contribution < -0.4 is 10.1 Å². The highest BCUT2D eigenvalue weighted by molar-refractivity contribution is 5.59. The molecule has 0 aromatic heterocycles. The maximum atomic E-state index is 5.38. The van der Waals surface area contributed by atoms with Crippen molar-refractivity contribution < 1.29 is 4.74 Å². The summed E-state index contributed by atoms with van der Waals surface area (Å²) >= 11 is 0. The summed E-state index contributed by atoms with van der Waals surface area (Å²) in [5.41, 5.74) is 2.11. The van der Waals surface area contributed by atoms with E-state index in [1.807, 2.05) is 55.5 Å². The van der Waals surface area contributed by atoms with Gasteiger partial charge in [-0.3, -0.25) is 0 Å². The topological polar surface area (TPSA) is 21.3 Å². The predicted molar refractivity (Wildman–Crippen MR) is 66.2 cm³/mol. The van der Waals surface area contributed by atoms with E-state index in [2.05, 4.69) is 11.4 Å². The van der Waals surface area contributed by atoms with Gasteiger partial charge in [0, 0.05) is 11.4 Å². The number of benzene rings is 2. The first-order valence-electron chi connectivity index (χ1n) is 5.34. The quantitative estimate of drug-likeness (QED) is 0.835. The Bertz CT molecular complexity index is 422. The number of hydrogen-bond acceptors (Lipinski definition) is 2. The maximum absolute atomic E-state index is 5.38. The lowest BCUT2D eigenvalue weighted by molar-refractivity contribution is 0.340. The van der Waals surface area contributed by atoms with E-state index in [0.29, 0.717) is 6.61 Å². The maximum Gasteiger partial charge on any atom is 0.119 e. The van der Waals surface area contributed by atoms with Crippen molar-refractivity contribution in [3.8, 4) is 5.75 Å². The summed E-state index contributed by atoms with van der Waals surface area (Å²) in [6, 6.07) is 18.6. The molecule has 0 heterocycles. The van der Waals surface area contributed by atoms with Gasteiger partial charge in [-0.25, -0.2) is 0 Å². The van der Waals surface area contributed by atoms with E-state index in [1.54, 1.807) is 0 Å². The molecule has 2 nitrogen and oxygen atoms in total. The smallest absolute Gasteiger partial charge is 0.119 e. The minimum Gasteiger partial charge on any atom is -0.494 e. The van der Waals surface area contributed by atoms with E-state index in [1.165, 1.54) is 0 Å². The highest BCUT2D eigenvalue weighted by Gasteiger charge is 1.95. The van der Waals surface area contributed by atoms with Crippen molar-refractivity contribution in [2.24, 2.45) is 0 Å². The van der Waals surface area contributed by atoms with Crippen LogP contribution in [0, 0.1) is 6.07 Å². The molecule has 0 unspecified atom stereocenters. The highest BCUT2D eigenvalue weighted by Crippen LogP contribution is 2.19. The molecule has 0 bridgehead atoms. The highest BCUT2D eigenvalue weighted by atomic mass is 16.5. The van der Waals surface area contributed by atoms with Gasteiger partial charge in [0.25, 0.3) is 0 Å². The summed E-state index contributed by atoms with van der Waals surface area (Å²) in [6.07, 6.45) is 0. The second kappa shape index (κ2) is 5.21.